The van der Waals surface area contributed by atoms with E-state index in [-0.39, 0.29) is 35.8 Å². The SMILES string of the molecule is O=C(NC1CC1)C1C2C=CC3(O2)C1C(=O)N(C1CC1)C3C(=O)NC1CCCCC1. The van der Waals surface area contributed by atoms with Gasteiger partial charge >= 0.3 is 0 Å². The van der Waals surface area contributed by atoms with Crippen LogP contribution < -0.4 is 10.6 Å². The second kappa shape index (κ2) is 6.30. The zero-order valence-corrected chi connectivity index (χ0v) is 16.6. The van der Waals surface area contributed by atoms with E-state index >= 15 is 0 Å². The molecule has 29 heavy (non-hydrogen) atoms. The van der Waals surface area contributed by atoms with Crippen LogP contribution in [0.3, 0.4) is 0 Å². The molecular weight excluding hydrogens is 370 g/mol. The maximum atomic E-state index is 13.5. The molecule has 2 bridgehead atoms. The molecule has 156 valence electrons. The molecule has 6 rings (SSSR count). The Bertz CT molecular complexity index is 783. The van der Waals surface area contributed by atoms with Crippen LogP contribution in [0.25, 0.3) is 0 Å². The highest BCUT2D eigenvalue weighted by atomic mass is 16.5. The standard InChI is InChI=1S/C22H29N3O4/c26-19(23-13-6-7-13)16-15-10-11-22(29-15)17(16)21(28)25(14-8-9-14)18(22)20(27)24-12-4-2-1-3-5-12/h10-18H,1-9H2,(H,23,26)(H,24,27). The largest absolute Gasteiger partial charge is 0.359 e. The van der Waals surface area contributed by atoms with Crippen molar-refractivity contribution in [3.63, 3.8) is 0 Å². The van der Waals surface area contributed by atoms with Gasteiger partial charge in [0, 0.05) is 18.1 Å². The van der Waals surface area contributed by atoms with Crippen LogP contribution in [0.1, 0.15) is 57.8 Å². The maximum absolute atomic E-state index is 13.5. The van der Waals surface area contributed by atoms with Gasteiger partial charge in [-0.15, -0.1) is 0 Å². The van der Waals surface area contributed by atoms with Crippen molar-refractivity contribution in [2.75, 3.05) is 0 Å². The Kier molecular flexibility index (Phi) is 3.90. The molecule has 3 saturated carbocycles. The van der Waals surface area contributed by atoms with E-state index in [1.54, 1.807) is 4.90 Å². The number of nitrogens with zero attached hydrogens (tertiary/aromatic N) is 1. The molecule has 0 aromatic rings. The summed E-state index contributed by atoms with van der Waals surface area (Å²) in [5.41, 5.74) is -0.991. The summed E-state index contributed by atoms with van der Waals surface area (Å²) in [5.74, 6) is -1.38. The third-order valence-electron chi connectivity index (χ3n) is 7.68. The van der Waals surface area contributed by atoms with Gasteiger partial charge in [-0.05, 0) is 38.5 Å². The summed E-state index contributed by atoms with van der Waals surface area (Å²) in [6.45, 7) is 0. The Balaban J connectivity index is 1.31. The van der Waals surface area contributed by atoms with E-state index < -0.39 is 29.6 Å². The fraction of sp³-hybridized carbons (Fsp3) is 0.773. The van der Waals surface area contributed by atoms with Crippen LogP contribution in [0.5, 0.6) is 0 Å². The second-order valence-corrected chi connectivity index (χ2v) is 9.80. The number of carbonyl (C=O) groups is 3. The summed E-state index contributed by atoms with van der Waals surface area (Å²) in [5, 5.41) is 6.28. The van der Waals surface area contributed by atoms with Crippen molar-refractivity contribution in [2.24, 2.45) is 11.8 Å². The number of fused-ring (bicyclic) bond motifs is 1. The number of amides is 3. The van der Waals surface area contributed by atoms with E-state index in [1.807, 2.05) is 12.2 Å². The molecular formula is C22H29N3O4. The van der Waals surface area contributed by atoms with Crippen LogP contribution in [0.2, 0.25) is 0 Å². The highest BCUT2D eigenvalue weighted by Crippen LogP contribution is 2.57. The van der Waals surface area contributed by atoms with E-state index in [0.29, 0.717) is 0 Å². The zero-order valence-electron chi connectivity index (χ0n) is 16.6. The Labute approximate surface area is 170 Å². The number of hydrogen-bond donors (Lipinski definition) is 2. The summed E-state index contributed by atoms with van der Waals surface area (Å²) in [6, 6.07) is -0.135. The first-order chi connectivity index (χ1) is 14.1. The molecule has 0 radical (unpaired) electrons. The van der Waals surface area contributed by atoms with Crippen molar-refractivity contribution in [3.8, 4) is 0 Å². The third kappa shape index (κ3) is 2.69. The number of likely N-dealkylation sites (tertiary alicyclic amines) is 1. The molecule has 5 fully saturated rings. The lowest BCUT2D eigenvalue weighted by molar-refractivity contribution is -0.142. The molecule has 5 unspecified atom stereocenters. The van der Waals surface area contributed by atoms with Crippen LogP contribution in [-0.4, -0.2) is 58.5 Å². The number of ether oxygens (including phenoxy) is 1. The van der Waals surface area contributed by atoms with Gasteiger partial charge in [0.05, 0.1) is 17.9 Å². The minimum absolute atomic E-state index is 0.0703. The fourth-order valence-electron chi connectivity index (χ4n) is 6.00. The van der Waals surface area contributed by atoms with Crippen molar-refractivity contribution < 1.29 is 19.1 Å². The first-order valence-corrected chi connectivity index (χ1v) is 11.4. The highest BCUT2D eigenvalue weighted by Gasteiger charge is 2.74. The van der Waals surface area contributed by atoms with Gasteiger partial charge in [0.2, 0.25) is 17.7 Å². The monoisotopic (exact) mass is 399 g/mol. The molecule has 2 N–H and O–H groups in total. The zero-order chi connectivity index (χ0) is 19.8. The summed E-state index contributed by atoms with van der Waals surface area (Å²) >= 11 is 0. The summed E-state index contributed by atoms with van der Waals surface area (Å²) in [6.07, 6.45) is 12.8. The lowest BCUT2D eigenvalue weighted by Gasteiger charge is -2.34. The summed E-state index contributed by atoms with van der Waals surface area (Å²) in [4.78, 5) is 41.7. The van der Waals surface area contributed by atoms with Crippen LogP contribution in [0, 0.1) is 11.8 Å². The van der Waals surface area contributed by atoms with Gasteiger partial charge < -0.3 is 20.3 Å². The normalized spacial score (nSPS) is 41.0. The quantitative estimate of drug-likeness (QED) is 0.676. The highest BCUT2D eigenvalue weighted by molar-refractivity contribution is 6.00. The van der Waals surface area contributed by atoms with Gasteiger partial charge in [-0.25, -0.2) is 0 Å². The molecule has 7 nitrogen and oxygen atoms in total. The average molecular weight is 399 g/mol. The number of carbonyl (C=O) groups excluding carboxylic acids is 3. The number of nitrogens with one attached hydrogen (secondary N) is 2. The fourth-order valence-corrected chi connectivity index (χ4v) is 6.00. The average Bonchev–Trinajstić information content (AvgIpc) is 3.63. The van der Waals surface area contributed by atoms with Gasteiger partial charge in [-0.2, -0.15) is 0 Å². The van der Waals surface area contributed by atoms with Gasteiger partial charge in [-0.3, -0.25) is 14.4 Å². The van der Waals surface area contributed by atoms with Gasteiger partial charge in [0.1, 0.15) is 11.6 Å². The Hall–Kier alpha value is -1.89. The molecule has 3 aliphatic heterocycles. The van der Waals surface area contributed by atoms with Crippen LogP contribution in [0.15, 0.2) is 12.2 Å². The van der Waals surface area contributed by atoms with Crippen LogP contribution in [0.4, 0.5) is 0 Å². The molecule has 0 aromatic carbocycles. The molecule has 2 saturated heterocycles. The minimum Gasteiger partial charge on any atom is -0.359 e. The molecule has 3 amide bonds. The molecule has 5 atom stereocenters. The molecule has 7 heteroatoms. The predicted octanol–water partition coefficient (Wildman–Crippen LogP) is 1.03. The lowest BCUT2D eigenvalue weighted by atomic mass is 9.74. The Morgan fingerprint density at radius 1 is 0.966 bits per heavy atom. The third-order valence-corrected chi connectivity index (χ3v) is 7.68. The first-order valence-electron chi connectivity index (χ1n) is 11.4. The molecule has 6 aliphatic rings. The predicted molar refractivity (Wildman–Crippen MR) is 104 cm³/mol. The molecule has 1 spiro atoms. The molecule has 3 heterocycles. The number of rotatable bonds is 5. The van der Waals surface area contributed by atoms with E-state index in [2.05, 4.69) is 10.6 Å². The van der Waals surface area contributed by atoms with Gasteiger partial charge in [-0.1, -0.05) is 31.4 Å². The Morgan fingerprint density at radius 3 is 2.34 bits per heavy atom. The lowest BCUT2D eigenvalue weighted by Crippen LogP contribution is -2.57. The van der Waals surface area contributed by atoms with Crippen LogP contribution in [-0.2, 0) is 19.1 Å². The topological polar surface area (TPSA) is 87.7 Å². The van der Waals surface area contributed by atoms with Crippen LogP contribution >= 0.6 is 0 Å². The first kappa shape index (κ1) is 17.9. The summed E-state index contributed by atoms with van der Waals surface area (Å²) in [7, 11) is 0. The molecule has 0 aromatic heterocycles. The van der Waals surface area contributed by atoms with Crippen molar-refractivity contribution in [2.45, 2.75) is 93.7 Å². The summed E-state index contributed by atoms with van der Waals surface area (Å²) < 4.78 is 6.33. The van der Waals surface area contributed by atoms with Crippen molar-refractivity contribution in [3.05, 3.63) is 12.2 Å². The maximum Gasteiger partial charge on any atom is 0.246 e. The van der Waals surface area contributed by atoms with E-state index in [1.165, 1.54) is 6.42 Å². The van der Waals surface area contributed by atoms with E-state index in [0.717, 1.165) is 51.4 Å². The van der Waals surface area contributed by atoms with E-state index in [9.17, 15) is 14.4 Å². The van der Waals surface area contributed by atoms with E-state index in [4.69, 9.17) is 4.74 Å². The number of hydrogen-bond acceptors (Lipinski definition) is 4. The smallest absolute Gasteiger partial charge is 0.246 e. The second-order valence-electron chi connectivity index (χ2n) is 9.80. The Morgan fingerprint density at radius 2 is 1.66 bits per heavy atom. The van der Waals surface area contributed by atoms with Crippen molar-refractivity contribution >= 4 is 17.7 Å². The minimum atomic E-state index is -0.991. The van der Waals surface area contributed by atoms with Gasteiger partial charge in [0.25, 0.3) is 0 Å². The van der Waals surface area contributed by atoms with Crippen molar-refractivity contribution in [1.29, 1.82) is 0 Å². The van der Waals surface area contributed by atoms with Crippen molar-refractivity contribution in [1.82, 2.24) is 15.5 Å². The van der Waals surface area contributed by atoms with Gasteiger partial charge in [0.15, 0.2) is 0 Å². The molecule has 3 aliphatic carbocycles.